The molecule has 1 heterocycles. The molecule has 3 N–H and O–H groups in total. The van der Waals surface area contributed by atoms with E-state index in [9.17, 15) is 4.79 Å². The lowest BCUT2D eigenvalue weighted by Gasteiger charge is -2.17. The first-order valence-corrected chi connectivity index (χ1v) is 6.35. The summed E-state index contributed by atoms with van der Waals surface area (Å²) in [4.78, 5) is 18.0. The van der Waals surface area contributed by atoms with E-state index < -0.39 is 0 Å². The largest absolute Gasteiger partial charge is 0.397 e. The lowest BCUT2D eigenvalue weighted by Crippen LogP contribution is -2.35. The third-order valence-electron chi connectivity index (χ3n) is 2.83. The predicted molar refractivity (Wildman–Crippen MR) is 73.2 cm³/mol. The first-order chi connectivity index (χ1) is 8.65. The molecule has 0 fully saturated rings. The standard InChI is InChI=1S/C13H22N4O/c1-3-17(4-2)8-7-15-13(18)9-12-6-5-11(14)10-16-12/h5-6,10H,3-4,7-9,14H2,1-2H3,(H,15,18). The Morgan fingerprint density at radius 2 is 2.11 bits per heavy atom. The molecule has 0 bridgehead atoms. The van der Waals surface area contributed by atoms with Crippen LogP contribution < -0.4 is 11.1 Å². The van der Waals surface area contributed by atoms with Crippen LogP contribution in [0.2, 0.25) is 0 Å². The van der Waals surface area contributed by atoms with Crippen LogP contribution in [0.4, 0.5) is 5.69 Å². The van der Waals surface area contributed by atoms with Crippen LogP contribution >= 0.6 is 0 Å². The number of amides is 1. The normalized spacial score (nSPS) is 10.6. The van der Waals surface area contributed by atoms with Crippen molar-refractivity contribution >= 4 is 11.6 Å². The molecule has 18 heavy (non-hydrogen) atoms. The van der Waals surface area contributed by atoms with Crippen molar-refractivity contribution in [1.29, 1.82) is 0 Å². The molecule has 0 aliphatic rings. The predicted octanol–water partition coefficient (Wildman–Crippen LogP) is 0.664. The first-order valence-electron chi connectivity index (χ1n) is 6.35. The minimum Gasteiger partial charge on any atom is -0.397 e. The number of aromatic nitrogens is 1. The summed E-state index contributed by atoms with van der Waals surface area (Å²) in [5.74, 6) is -0.000530. The highest BCUT2D eigenvalue weighted by molar-refractivity contribution is 5.78. The zero-order valence-corrected chi connectivity index (χ0v) is 11.1. The van der Waals surface area contributed by atoms with Crippen LogP contribution in [-0.4, -0.2) is 42.0 Å². The third kappa shape index (κ3) is 5.14. The van der Waals surface area contributed by atoms with E-state index in [0.717, 1.165) is 25.3 Å². The van der Waals surface area contributed by atoms with Crippen molar-refractivity contribution in [1.82, 2.24) is 15.2 Å². The summed E-state index contributed by atoms with van der Waals surface area (Å²) in [6, 6.07) is 3.53. The number of pyridine rings is 1. The highest BCUT2D eigenvalue weighted by Crippen LogP contribution is 2.01. The fourth-order valence-electron chi connectivity index (χ4n) is 1.66. The van der Waals surface area contributed by atoms with Crippen LogP contribution in [0.1, 0.15) is 19.5 Å². The summed E-state index contributed by atoms with van der Waals surface area (Å²) in [6.07, 6.45) is 1.87. The van der Waals surface area contributed by atoms with Crippen LogP contribution in [0.5, 0.6) is 0 Å². The quantitative estimate of drug-likeness (QED) is 0.746. The maximum absolute atomic E-state index is 11.7. The molecule has 1 aromatic heterocycles. The van der Waals surface area contributed by atoms with Gasteiger partial charge in [0.2, 0.25) is 5.91 Å². The van der Waals surface area contributed by atoms with Crippen molar-refractivity contribution < 1.29 is 4.79 Å². The Hall–Kier alpha value is -1.62. The van der Waals surface area contributed by atoms with Gasteiger partial charge in [0.1, 0.15) is 0 Å². The molecule has 0 aliphatic carbocycles. The number of likely N-dealkylation sites (N-methyl/N-ethyl adjacent to an activating group) is 1. The molecule has 100 valence electrons. The molecule has 0 spiro atoms. The topological polar surface area (TPSA) is 71.2 Å². The van der Waals surface area contributed by atoms with Gasteiger partial charge in [-0.1, -0.05) is 13.8 Å². The molecule has 1 aromatic rings. The summed E-state index contributed by atoms with van der Waals surface area (Å²) in [5, 5.41) is 2.89. The van der Waals surface area contributed by atoms with Crippen LogP contribution in [0, 0.1) is 0 Å². The van der Waals surface area contributed by atoms with E-state index in [1.165, 1.54) is 0 Å². The summed E-state index contributed by atoms with van der Waals surface area (Å²) < 4.78 is 0. The Bertz CT molecular complexity index is 360. The average Bonchev–Trinajstić information content (AvgIpc) is 2.37. The fourth-order valence-corrected chi connectivity index (χ4v) is 1.66. The van der Waals surface area contributed by atoms with Crippen LogP contribution in [0.25, 0.3) is 0 Å². The van der Waals surface area contributed by atoms with Gasteiger partial charge in [-0.15, -0.1) is 0 Å². The summed E-state index contributed by atoms with van der Waals surface area (Å²) in [6.45, 7) is 7.80. The van der Waals surface area contributed by atoms with Crippen LogP contribution in [0.15, 0.2) is 18.3 Å². The van der Waals surface area contributed by atoms with Gasteiger partial charge in [0.25, 0.3) is 0 Å². The Labute approximate surface area is 108 Å². The maximum Gasteiger partial charge on any atom is 0.226 e. The molecule has 0 unspecified atom stereocenters. The second-order valence-corrected chi connectivity index (χ2v) is 4.14. The van der Waals surface area contributed by atoms with Gasteiger partial charge in [-0.25, -0.2) is 0 Å². The van der Waals surface area contributed by atoms with E-state index >= 15 is 0 Å². The molecular formula is C13H22N4O. The highest BCUT2D eigenvalue weighted by atomic mass is 16.1. The molecule has 0 aromatic carbocycles. The minimum absolute atomic E-state index is 0.000530. The molecule has 5 heteroatoms. The molecule has 0 atom stereocenters. The first kappa shape index (κ1) is 14.4. The molecular weight excluding hydrogens is 228 g/mol. The SMILES string of the molecule is CCN(CC)CCNC(=O)Cc1ccc(N)cn1. The van der Waals surface area contributed by atoms with E-state index in [-0.39, 0.29) is 5.91 Å². The second kappa shape index (κ2) is 7.66. The Balaban J connectivity index is 2.27. The number of anilines is 1. The third-order valence-corrected chi connectivity index (χ3v) is 2.83. The van der Waals surface area contributed by atoms with Gasteiger partial charge in [-0.2, -0.15) is 0 Å². The molecule has 1 rings (SSSR count). The monoisotopic (exact) mass is 250 g/mol. The minimum atomic E-state index is -0.000530. The number of rotatable bonds is 7. The molecule has 0 saturated heterocycles. The van der Waals surface area contributed by atoms with Crippen LogP contribution in [-0.2, 0) is 11.2 Å². The smallest absolute Gasteiger partial charge is 0.226 e. The van der Waals surface area contributed by atoms with Crippen molar-refractivity contribution in [3.8, 4) is 0 Å². The van der Waals surface area contributed by atoms with Gasteiger partial charge >= 0.3 is 0 Å². The molecule has 5 nitrogen and oxygen atoms in total. The van der Waals surface area contributed by atoms with Gasteiger partial charge in [-0.05, 0) is 25.2 Å². The molecule has 0 saturated carbocycles. The van der Waals surface area contributed by atoms with Gasteiger partial charge in [0, 0.05) is 18.8 Å². The lowest BCUT2D eigenvalue weighted by atomic mass is 10.2. The molecule has 0 aliphatic heterocycles. The molecule has 1 amide bonds. The number of nitrogens with two attached hydrogens (primary N) is 1. The number of hydrogen-bond acceptors (Lipinski definition) is 4. The Morgan fingerprint density at radius 3 is 2.67 bits per heavy atom. The van der Waals surface area contributed by atoms with E-state index in [2.05, 4.69) is 29.0 Å². The summed E-state index contributed by atoms with van der Waals surface area (Å²) >= 11 is 0. The zero-order valence-electron chi connectivity index (χ0n) is 11.1. The van der Waals surface area contributed by atoms with E-state index in [1.54, 1.807) is 18.3 Å². The lowest BCUT2D eigenvalue weighted by molar-refractivity contribution is -0.120. The van der Waals surface area contributed by atoms with Crippen molar-refractivity contribution in [2.24, 2.45) is 0 Å². The van der Waals surface area contributed by atoms with Crippen molar-refractivity contribution in [2.75, 3.05) is 31.9 Å². The highest BCUT2D eigenvalue weighted by Gasteiger charge is 2.05. The summed E-state index contributed by atoms with van der Waals surface area (Å²) in [5.41, 5.74) is 6.89. The number of carbonyl (C=O) groups excluding carboxylic acids is 1. The Kier molecular flexibility index (Phi) is 6.14. The molecule has 0 radical (unpaired) electrons. The van der Waals surface area contributed by atoms with E-state index in [0.29, 0.717) is 18.7 Å². The summed E-state index contributed by atoms with van der Waals surface area (Å²) in [7, 11) is 0. The zero-order chi connectivity index (χ0) is 13.4. The average molecular weight is 250 g/mol. The number of hydrogen-bond donors (Lipinski definition) is 2. The number of carbonyl (C=O) groups is 1. The van der Waals surface area contributed by atoms with Gasteiger partial charge in [-0.3, -0.25) is 9.78 Å². The van der Waals surface area contributed by atoms with E-state index in [1.807, 2.05) is 0 Å². The Morgan fingerprint density at radius 1 is 1.39 bits per heavy atom. The van der Waals surface area contributed by atoms with Crippen molar-refractivity contribution in [3.63, 3.8) is 0 Å². The van der Waals surface area contributed by atoms with Crippen LogP contribution in [0.3, 0.4) is 0 Å². The fraction of sp³-hybridized carbons (Fsp3) is 0.538. The second-order valence-electron chi connectivity index (χ2n) is 4.14. The number of nitrogen functional groups attached to an aromatic ring is 1. The van der Waals surface area contributed by atoms with E-state index in [4.69, 9.17) is 5.73 Å². The van der Waals surface area contributed by atoms with Crippen molar-refractivity contribution in [3.05, 3.63) is 24.0 Å². The number of nitrogens with one attached hydrogen (secondary N) is 1. The van der Waals surface area contributed by atoms with Gasteiger partial charge in [0.05, 0.1) is 18.3 Å². The van der Waals surface area contributed by atoms with Crippen molar-refractivity contribution in [2.45, 2.75) is 20.3 Å². The van der Waals surface area contributed by atoms with Gasteiger partial charge in [0.15, 0.2) is 0 Å². The maximum atomic E-state index is 11.7. The number of nitrogens with zero attached hydrogens (tertiary/aromatic N) is 2. The van der Waals surface area contributed by atoms with Gasteiger partial charge < -0.3 is 16.0 Å².